The number of benzene rings is 3. The first kappa shape index (κ1) is 46.3. The summed E-state index contributed by atoms with van der Waals surface area (Å²) in [5.74, 6) is 5.59. The molecule has 364 valence electrons. The Morgan fingerprint density at radius 2 is 1.24 bits per heavy atom. The Balaban J connectivity index is 0.791. The summed E-state index contributed by atoms with van der Waals surface area (Å²) in [7, 11) is 0. The van der Waals surface area contributed by atoms with Crippen molar-refractivity contribution in [3.63, 3.8) is 0 Å². The number of nitrogens with zero attached hydrogens (tertiary/aromatic N) is 3. The van der Waals surface area contributed by atoms with Crippen LogP contribution in [0.3, 0.4) is 0 Å². The van der Waals surface area contributed by atoms with Crippen LogP contribution in [0.5, 0.6) is 0 Å². The molecule has 71 heavy (non-hydrogen) atoms. The van der Waals surface area contributed by atoms with Gasteiger partial charge in [0.25, 0.3) is 0 Å². The Morgan fingerprint density at radius 1 is 0.535 bits per heavy atom. The Bertz CT molecular complexity index is 2750. The highest BCUT2D eigenvalue weighted by Crippen LogP contribution is 2.50. The smallest absolute Gasteiger partial charge is 0.0653 e. The maximum absolute atomic E-state index is 2.88. The summed E-state index contributed by atoms with van der Waals surface area (Å²) in [5, 5.41) is 0. The lowest BCUT2D eigenvalue weighted by Crippen LogP contribution is -2.44. The summed E-state index contributed by atoms with van der Waals surface area (Å²) in [5.41, 5.74) is 13.8. The number of hydrogen-bond acceptors (Lipinski definition) is 3. The van der Waals surface area contributed by atoms with Crippen molar-refractivity contribution in [2.24, 2.45) is 47.3 Å². The first-order chi connectivity index (χ1) is 35.0. The van der Waals surface area contributed by atoms with Crippen molar-refractivity contribution in [1.29, 1.82) is 0 Å². The lowest BCUT2D eigenvalue weighted by molar-refractivity contribution is 0.169. The standard InChI is InChI=1S/C68H77N3/c1-48-13-11-17-56(45-48)54-29-39-61(40-30-54)69(59-33-23-51(24-34-59)50-15-5-3-6-16-50)60-35-25-52(26-36-60)53-27-37-62(38-28-53)70(63-41-31-55(32-42-63)57-18-12-14-49(2)46-57)64-43-44-66-65-21-9-10-22-67(65)71(68(66)47-64)58-19-7-4-8-20-58/h3-10,12,14-16,19-23,25,27,29,31,33,35,37-39,41-44,48-49,52-57,60-61,68H,11,13,17-18,24,26,28,30,32,34,36,40,45-47H2,1-2H3/t48?,49?,52?,53?,54-,55?,56?,57?,60?,61?,68?/m1/s1. The van der Waals surface area contributed by atoms with E-state index in [9.17, 15) is 0 Å². The zero-order chi connectivity index (χ0) is 47.7. The van der Waals surface area contributed by atoms with Gasteiger partial charge in [0, 0.05) is 58.2 Å². The van der Waals surface area contributed by atoms with Crippen LogP contribution in [0.1, 0.15) is 121 Å². The number of fused-ring (bicyclic) bond motifs is 3. The molecule has 0 bridgehead atoms. The molecular formula is C68H77N3. The molecule has 0 spiro atoms. The van der Waals surface area contributed by atoms with Gasteiger partial charge in [-0.05, 0) is 184 Å². The minimum atomic E-state index is 0.243. The minimum Gasteiger partial charge on any atom is -0.362 e. The van der Waals surface area contributed by atoms with Crippen LogP contribution in [0, 0.1) is 47.3 Å². The van der Waals surface area contributed by atoms with E-state index < -0.39 is 0 Å². The third-order valence-corrected chi connectivity index (χ3v) is 18.5. The summed E-state index contributed by atoms with van der Waals surface area (Å²) >= 11 is 0. The predicted molar refractivity (Wildman–Crippen MR) is 299 cm³/mol. The second-order valence-corrected chi connectivity index (χ2v) is 23.0. The van der Waals surface area contributed by atoms with E-state index in [0.717, 1.165) is 55.8 Å². The lowest BCUT2D eigenvalue weighted by Gasteiger charge is -2.45. The zero-order valence-electron chi connectivity index (χ0n) is 42.6. The van der Waals surface area contributed by atoms with Crippen molar-refractivity contribution < 1.29 is 0 Å². The zero-order valence-corrected chi connectivity index (χ0v) is 42.6. The fourth-order valence-corrected chi connectivity index (χ4v) is 14.7. The monoisotopic (exact) mass is 936 g/mol. The third kappa shape index (κ3) is 9.68. The first-order valence-corrected chi connectivity index (χ1v) is 28.2. The van der Waals surface area contributed by atoms with Gasteiger partial charge in [-0.1, -0.05) is 166 Å². The van der Waals surface area contributed by atoms with Crippen LogP contribution in [-0.2, 0) is 0 Å². The Morgan fingerprint density at radius 3 is 1.92 bits per heavy atom. The van der Waals surface area contributed by atoms with E-state index in [0.29, 0.717) is 35.8 Å². The molecule has 0 N–H and O–H groups in total. The summed E-state index contributed by atoms with van der Waals surface area (Å²) in [4.78, 5) is 8.12. The molecule has 8 aliphatic carbocycles. The molecule has 12 rings (SSSR count). The van der Waals surface area contributed by atoms with Gasteiger partial charge in [-0.3, -0.25) is 0 Å². The molecule has 3 nitrogen and oxygen atoms in total. The first-order valence-electron chi connectivity index (χ1n) is 28.2. The molecule has 1 aliphatic heterocycles. The van der Waals surface area contributed by atoms with Gasteiger partial charge in [-0.15, -0.1) is 0 Å². The molecule has 0 amide bonds. The number of anilines is 2. The van der Waals surface area contributed by atoms with Gasteiger partial charge in [0.1, 0.15) is 0 Å². The molecule has 9 aliphatic rings. The van der Waals surface area contributed by atoms with Crippen LogP contribution >= 0.6 is 0 Å². The highest BCUT2D eigenvalue weighted by Gasteiger charge is 2.39. The van der Waals surface area contributed by atoms with Crippen LogP contribution < -0.4 is 4.90 Å². The van der Waals surface area contributed by atoms with Crippen molar-refractivity contribution in [2.75, 3.05) is 4.90 Å². The van der Waals surface area contributed by atoms with Gasteiger partial charge in [0.2, 0.25) is 0 Å². The van der Waals surface area contributed by atoms with Crippen LogP contribution in [0.15, 0.2) is 205 Å². The molecule has 0 saturated heterocycles. The van der Waals surface area contributed by atoms with Gasteiger partial charge in [-0.2, -0.15) is 0 Å². The van der Waals surface area contributed by atoms with E-state index in [1.165, 1.54) is 121 Å². The van der Waals surface area contributed by atoms with Gasteiger partial charge < -0.3 is 14.7 Å². The normalized spacial score (nSPS) is 32.1. The molecule has 3 heteroatoms. The topological polar surface area (TPSA) is 9.72 Å². The molecule has 0 radical (unpaired) electrons. The molecule has 3 aromatic rings. The Hall–Kier alpha value is -5.80. The van der Waals surface area contributed by atoms with Crippen LogP contribution in [0.4, 0.5) is 11.4 Å². The number of allylic oxidation sites excluding steroid dienone is 16. The summed E-state index contributed by atoms with van der Waals surface area (Å²) < 4.78 is 0. The van der Waals surface area contributed by atoms with Gasteiger partial charge >= 0.3 is 0 Å². The predicted octanol–water partition coefficient (Wildman–Crippen LogP) is 17.3. The molecule has 1 saturated carbocycles. The SMILES string of the molecule is CC1C=CCC(C2C=CC(N(C3=CCC(C4C=CC(N(C5=CC=C(c6ccccc6)CC5)C5C=C[C@@H](C6CCCC(C)C6)CC5)CC4)C=C3)C3=CC=C4c5ccccc5N(c5ccccc5)C4C3)=CC2)C1. The highest BCUT2D eigenvalue weighted by molar-refractivity contribution is 5.93. The molecule has 0 aromatic heterocycles. The fraction of sp³-hybridized carbons (Fsp3) is 0.412. The Kier molecular flexibility index (Phi) is 13.5. The van der Waals surface area contributed by atoms with Crippen LogP contribution in [0.25, 0.3) is 11.1 Å². The second kappa shape index (κ2) is 20.7. The number of rotatable bonds is 11. The van der Waals surface area contributed by atoms with E-state index in [-0.39, 0.29) is 6.04 Å². The van der Waals surface area contributed by atoms with Crippen LogP contribution in [-0.4, -0.2) is 27.9 Å². The van der Waals surface area contributed by atoms with Crippen LogP contribution in [0.2, 0.25) is 0 Å². The molecule has 1 fully saturated rings. The van der Waals surface area contributed by atoms with Crippen molar-refractivity contribution in [3.8, 4) is 0 Å². The number of hydrogen-bond donors (Lipinski definition) is 0. The third-order valence-electron chi connectivity index (χ3n) is 18.5. The fourth-order valence-electron chi connectivity index (χ4n) is 14.7. The average Bonchev–Trinajstić information content (AvgIpc) is 3.76. The van der Waals surface area contributed by atoms with Crippen molar-refractivity contribution in [3.05, 3.63) is 216 Å². The van der Waals surface area contributed by atoms with Gasteiger partial charge in [0.15, 0.2) is 0 Å². The minimum absolute atomic E-state index is 0.243. The second-order valence-electron chi connectivity index (χ2n) is 23.0. The molecular weight excluding hydrogens is 859 g/mol. The van der Waals surface area contributed by atoms with Crippen molar-refractivity contribution in [2.45, 2.75) is 128 Å². The van der Waals surface area contributed by atoms with Gasteiger partial charge in [-0.25, -0.2) is 0 Å². The summed E-state index contributed by atoms with van der Waals surface area (Å²) in [6.45, 7) is 4.87. The van der Waals surface area contributed by atoms with E-state index in [1.807, 2.05) is 0 Å². The maximum atomic E-state index is 2.88. The van der Waals surface area contributed by atoms with E-state index >= 15 is 0 Å². The van der Waals surface area contributed by atoms with Gasteiger partial charge in [0.05, 0.1) is 6.04 Å². The largest absolute Gasteiger partial charge is 0.362 e. The average molecular weight is 936 g/mol. The maximum Gasteiger partial charge on any atom is 0.0653 e. The van der Waals surface area contributed by atoms with E-state index in [2.05, 4.69) is 211 Å². The highest BCUT2D eigenvalue weighted by atomic mass is 15.2. The molecule has 1 heterocycles. The summed E-state index contributed by atoms with van der Waals surface area (Å²) in [6.07, 6.45) is 59.1. The Labute approximate surface area is 426 Å². The molecule has 3 aromatic carbocycles. The lowest BCUT2D eigenvalue weighted by atomic mass is 9.72. The summed E-state index contributed by atoms with van der Waals surface area (Å²) in [6, 6.07) is 32.3. The number of para-hydroxylation sites is 2. The van der Waals surface area contributed by atoms with Crippen molar-refractivity contribution in [1.82, 2.24) is 9.80 Å². The molecule has 11 atom stereocenters. The van der Waals surface area contributed by atoms with E-state index in [4.69, 9.17) is 0 Å². The quantitative estimate of drug-likeness (QED) is 0.177. The van der Waals surface area contributed by atoms with E-state index in [1.54, 1.807) is 0 Å². The van der Waals surface area contributed by atoms with Crippen molar-refractivity contribution >= 4 is 22.5 Å². The molecule has 10 unspecified atom stereocenters.